The Bertz CT molecular complexity index is 327. The topological polar surface area (TPSA) is 56.6 Å². The Labute approximate surface area is 94.0 Å². The highest BCUT2D eigenvalue weighted by Gasteiger charge is 1.89. The van der Waals surface area contributed by atoms with Gasteiger partial charge in [0.1, 0.15) is 0 Å². The summed E-state index contributed by atoms with van der Waals surface area (Å²) in [6, 6.07) is 9.69. The maximum Gasteiger partial charge on any atom is 0.187 e. The fraction of sp³-hybridized carbons (Fsp3) is 0.200. The van der Waals surface area contributed by atoms with Gasteiger partial charge in [0.2, 0.25) is 0 Å². The number of benzene rings is 1. The van der Waals surface area contributed by atoms with Crippen LogP contribution in [0.3, 0.4) is 0 Å². The summed E-state index contributed by atoms with van der Waals surface area (Å²) in [5.41, 5.74) is 3.64. The van der Waals surface area contributed by atoms with Gasteiger partial charge in [-0.2, -0.15) is 5.10 Å². The van der Waals surface area contributed by atoms with E-state index in [2.05, 4.69) is 15.8 Å². The van der Waals surface area contributed by atoms with Gasteiger partial charge in [-0.1, -0.05) is 30.3 Å². The number of aliphatic hydroxyl groups is 1. The molecule has 0 heterocycles. The van der Waals surface area contributed by atoms with Crippen molar-refractivity contribution in [2.24, 2.45) is 5.10 Å². The van der Waals surface area contributed by atoms with Crippen LogP contribution in [0.15, 0.2) is 35.4 Å². The first-order chi connectivity index (χ1) is 7.33. The molecule has 0 aliphatic heterocycles. The third kappa shape index (κ3) is 5.09. The summed E-state index contributed by atoms with van der Waals surface area (Å²) in [5.74, 6) is 0. The maximum atomic E-state index is 8.53. The highest BCUT2D eigenvalue weighted by Crippen LogP contribution is 1.92. The lowest BCUT2D eigenvalue weighted by molar-refractivity contribution is 0.300. The third-order valence-corrected chi connectivity index (χ3v) is 1.81. The molecule has 5 heteroatoms. The second-order valence-corrected chi connectivity index (χ2v) is 3.17. The molecule has 0 radical (unpaired) electrons. The van der Waals surface area contributed by atoms with Gasteiger partial charge >= 0.3 is 0 Å². The molecule has 0 aliphatic rings. The van der Waals surface area contributed by atoms with Crippen LogP contribution in [-0.4, -0.2) is 29.6 Å². The van der Waals surface area contributed by atoms with E-state index in [1.54, 1.807) is 6.21 Å². The Kier molecular flexibility index (Phi) is 5.35. The largest absolute Gasteiger partial charge is 0.395 e. The summed E-state index contributed by atoms with van der Waals surface area (Å²) in [5, 5.41) is 15.6. The molecule has 0 amide bonds. The highest BCUT2D eigenvalue weighted by atomic mass is 32.1. The first-order valence-electron chi connectivity index (χ1n) is 4.56. The molecular formula is C10H13N3OS. The summed E-state index contributed by atoms with van der Waals surface area (Å²) in [7, 11) is 0. The second-order valence-electron chi connectivity index (χ2n) is 2.76. The normalized spacial score (nSPS) is 10.2. The van der Waals surface area contributed by atoms with Crippen molar-refractivity contribution in [3.8, 4) is 0 Å². The van der Waals surface area contributed by atoms with Crippen molar-refractivity contribution < 1.29 is 5.11 Å². The van der Waals surface area contributed by atoms with Crippen molar-refractivity contribution in [2.45, 2.75) is 0 Å². The zero-order valence-corrected chi connectivity index (χ0v) is 9.00. The molecule has 0 bridgehead atoms. The van der Waals surface area contributed by atoms with E-state index in [1.165, 1.54) is 0 Å². The zero-order chi connectivity index (χ0) is 10.9. The van der Waals surface area contributed by atoms with Crippen LogP contribution in [0, 0.1) is 0 Å². The smallest absolute Gasteiger partial charge is 0.187 e. The fourth-order valence-electron chi connectivity index (χ4n) is 0.914. The van der Waals surface area contributed by atoms with Gasteiger partial charge in [0.15, 0.2) is 5.11 Å². The predicted molar refractivity (Wildman–Crippen MR) is 64.9 cm³/mol. The van der Waals surface area contributed by atoms with E-state index in [0.717, 1.165) is 5.56 Å². The molecule has 0 unspecified atom stereocenters. The Morgan fingerprint density at radius 3 is 2.80 bits per heavy atom. The van der Waals surface area contributed by atoms with Gasteiger partial charge in [-0.05, 0) is 17.8 Å². The molecule has 0 fully saturated rings. The Hall–Kier alpha value is -1.46. The standard InChI is InChI=1S/C10H13N3OS/c14-7-6-11-10(15)13-12-8-9-4-2-1-3-5-9/h1-5,8,14H,6-7H2,(H2,11,13,15). The number of hydrogen-bond acceptors (Lipinski definition) is 3. The van der Waals surface area contributed by atoms with Crippen molar-refractivity contribution in [3.63, 3.8) is 0 Å². The van der Waals surface area contributed by atoms with Crippen molar-refractivity contribution in [1.82, 2.24) is 10.7 Å². The van der Waals surface area contributed by atoms with Gasteiger partial charge in [0.05, 0.1) is 12.8 Å². The fourth-order valence-corrected chi connectivity index (χ4v) is 1.07. The van der Waals surface area contributed by atoms with Crippen LogP contribution < -0.4 is 10.7 Å². The molecule has 0 saturated heterocycles. The summed E-state index contributed by atoms with van der Waals surface area (Å²) < 4.78 is 0. The molecule has 1 aromatic carbocycles. The predicted octanol–water partition coefficient (Wildman–Crippen LogP) is 0.477. The van der Waals surface area contributed by atoms with Crippen LogP contribution in [0.1, 0.15) is 5.56 Å². The van der Waals surface area contributed by atoms with E-state index in [4.69, 9.17) is 17.3 Å². The van der Waals surface area contributed by atoms with Crippen LogP contribution in [0.2, 0.25) is 0 Å². The quantitative estimate of drug-likeness (QED) is 0.395. The number of aliphatic hydroxyl groups excluding tert-OH is 1. The maximum absolute atomic E-state index is 8.53. The molecule has 0 aromatic heterocycles. The van der Waals surface area contributed by atoms with Crippen molar-refractivity contribution in [2.75, 3.05) is 13.2 Å². The van der Waals surface area contributed by atoms with Crippen molar-refractivity contribution in [1.29, 1.82) is 0 Å². The summed E-state index contributed by atoms with van der Waals surface area (Å²) in [6.45, 7) is 0.469. The van der Waals surface area contributed by atoms with E-state index in [0.29, 0.717) is 11.7 Å². The molecule has 1 aromatic rings. The number of rotatable bonds is 4. The highest BCUT2D eigenvalue weighted by molar-refractivity contribution is 7.80. The Morgan fingerprint density at radius 2 is 2.13 bits per heavy atom. The van der Waals surface area contributed by atoms with Crippen molar-refractivity contribution in [3.05, 3.63) is 35.9 Å². The molecular weight excluding hydrogens is 210 g/mol. The summed E-state index contributed by atoms with van der Waals surface area (Å²) in [6.07, 6.45) is 1.67. The molecule has 80 valence electrons. The average Bonchev–Trinajstić information content (AvgIpc) is 2.28. The van der Waals surface area contributed by atoms with Crippen LogP contribution >= 0.6 is 12.2 Å². The first kappa shape index (κ1) is 11.6. The average molecular weight is 223 g/mol. The molecule has 0 aliphatic carbocycles. The number of hydrazone groups is 1. The van der Waals surface area contributed by atoms with Gasteiger partial charge < -0.3 is 10.4 Å². The van der Waals surface area contributed by atoms with E-state index < -0.39 is 0 Å². The lowest BCUT2D eigenvalue weighted by Gasteiger charge is -2.03. The first-order valence-corrected chi connectivity index (χ1v) is 4.96. The van der Waals surface area contributed by atoms with Gasteiger partial charge in [-0.15, -0.1) is 0 Å². The zero-order valence-electron chi connectivity index (χ0n) is 8.18. The Morgan fingerprint density at radius 1 is 1.40 bits per heavy atom. The van der Waals surface area contributed by atoms with E-state index in [-0.39, 0.29) is 6.61 Å². The number of nitrogens with zero attached hydrogens (tertiary/aromatic N) is 1. The summed E-state index contributed by atoms with van der Waals surface area (Å²) >= 11 is 4.89. The monoisotopic (exact) mass is 223 g/mol. The molecule has 4 nitrogen and oxygen atoms in total. The van der Waals surface area contributed by atoms with E-state index in [1.807, 2.05) is 30.3 Å². The van der Waals surface area contributed by atoms with Crippen LogP contribution in [0.5, 0.6) is 0 Å². The van der Waals surface area contributed by atoms with Crippen molar-refractivity contribution >= 4 is 23.5 Å². The minimum atomic E-state index is 0.0459. The van der Waals surface area contributed by atoms with Crippen LogP contribution in [0.25, 0.3) is 0 Å². The number of hydrogen-bond donors (Lipinski definition) is 3. The van der Waals surface area contributed by atoms with Crippen LogP contribution in [0.4, 0.5) is 0 Å². The molecule has 3 N–H and O–H groups in total. The third-order valence-electron chi connectivity index (χ3n) is 1.58. The lowest BCUT2D eigenvalue weighted by Crippen LogP contribution is -2.33. The van der Waals surface area contributed by atoms with Gasteiger partial charge in [-0.3, -0.25) is 5.43 Å². The van der Waals surface area contributed by atoms with Gasteiger partial charge in [0.25, 0.3) is 0 Å². The molecule has 1 rings (SSSR count). The minimum absolute atomic E-state index is 0.0459. The van der Waals surface area contributed by atoms with Gasteiger partial charge in [0, 0.05) is 6.54 Å². The molecule has 0 saturated carbocycles. The second kappa shape index (κ2) is 6.92. The lowest BCUT2D eigenvalue weighted by atomic mass is 10.2. The molecule has 15 heavy (non-hydrogen) atoms. The minimum Gasteiger partial charge on any atom is -0.395 e. The molecule has 0 atom stereocenters. The number of thiocarbonyl (C=S) groups is 1. The van der Waals surface area contributed by atoms with E-state index >= 15 is 0 Å². The summed E-state index contributed by atoms with van der Waals surface area (Å²) in [4.78, 5) is 0. The Balaban J connectivity index is 2.31. The SMILES string of the molecule is OCCNC(=S)NN=Cc1ccccc1. The molecule has 0 spiro atoms. The van der Waals surface area contributed by atoms with E-state index in [9.17, 15) is 0 Å². The van der Waals surface area contributed by atoms with Crippen LogP contribution in [-0.2, 0) is 0 Å². The van der Waals surface area contributed by atoms with Gasteiger partial charge in [-0.25, -0.2) is 0 Å². The number of nitrogens with one attached hydrogen (secondary N) is 2.